The lowest BCUT2D eigenvalue weighted by Gasteiger charge is -2.12. The fourth-order valence-electron chi connectivity index (χ4n) is 1.70. The number of hydrogen-bond acceptors (Lipinski definition) is 4. The number of nitrogens with two attached hydrogens (primary N) is 1. The van der Waals surface area contributed by atoms with Crippen LogP contribution >= 0.6 is 0 Å². The minimum absolute atomic E-state index is 0.0122. The lowest BCUT2D eigenvalue weighted by molar-refractivity contribution is 0.0988. The second-order valence-electron chi connectivity index (χ2n) is 4.44. The van der Waals surface area contributed by atoms with Crippen molar-refractivity contribution < 1.29 is 17.6 Å². The van der Waals surface area contributed by atoms with Crippen molar-refractivity contribution in [2.24, 2.45) is 5.14 Å². The summed E-state index contributed by atoms with van der Waals surface area (Å²) in [7, 11) is -4.22. The summed E-state index contributed by atoms with van der Waals surface area (Å²) < 4.78 is 36.9. The fourth-order valence-corrected chi connectivity index (χ4v) is 2.35. The van der Waals surface area contributed by atoms with Crippen molar-refractivity contribution in [1.82, 2.24) is 0 Å². The van der Waals surface area contributed by atoms with E-state index >= 15 is 0 Å². The normalized spacial score (nSPS) is 11.4. The van der Waals surface area contributed by atoms with Crippen LogP contribution in [-0.4, -0.2) is 20.7 Å². The van der Waals surface area contributed by atoms with Gasteiger partial charge in [0.15, 0.2) is 11.6 Å². The van der Waals surface area contributed by atoms with Gasteiger partial charge in [-0.2, -0.15) is 0 Å². The van der Waals surface area contributed by atoms with E-state index in [1.807, 2.05) is 6.92 Å². The molecule has 0 aromatic heterocycles. The van der Waals surface area contributed by atoms with Crippen LogP contribution in [0.3, 0.4) is 0 Å². The van der Waals surface area contributed by atoms with Gasteiger partial charge in [0.2, 0.25) is 10.0 Å². The van der Waals surface area contributed by atoms with Crippen molar-refractivity contribution in [3.8, 4) is 0 Å². The van der Waals surface area contributed by atoms with Gasteiger partial charge in [-0.15, -0.1) is 0 Å². The zero-order valence-electron chi connectivity index (χ0n) is 11.6. The number of nitrogens with one attached hydrogen (secondary N) is 1. The Kier molecular flexibility index (Phi) is 5.64. The monoisotopic (exact) mass is 302 g/mol. The average molecular weight is 302 g/mol. The van der Waals surface area contributed by atoms with Gasteiger partial charge in [0.05, 0.1) is 5.69 Å². The van der Waals surface area contributed by atoms with Crippen LogP contribution in [0.15, 0.2) is 17.0 Å². The van der Waals surface area contributed by atoms with Crippen molar-refractivity contribution >= 4 is 21.5 Å². The number of hydrogen-bond donors (Lipinski definition) is 2. The lowest BCUT2D eigenvalue weighted by Crippen LogP contribution is -2.17. The van der Waals surface area contributed by atoms with E-state index in [-0.39, 0.29) is 23.5 Å². The Balaban J connectivity index is 3.31. The molecule has 1 aromatic carbocycles. The van der Waals surface area contributed by atoms with Gasteiger partial charge in [-0.1, -0.05) is 20.3 Å². The Morgan fingerprint density at radius 3 is 2.50 bits per heavy atom. The molecule has 0 aliphatic carbocycles. The van der Waals surface area contributed by atoms with Crippen LogP contribution in [-0.2, 0) is 10.0 Å². The van der Waals surface area contributed by atoms with Gasteiger partial charge in [0, 0.05) is 18.5 Å². The van der Waals surface area contributed by atoms with Crippen LogP contribution in [0.25, 0.3) is 0 Å². The Bertz CT molecular complexity index is 600. The molecule has 0 saturated heterocycles. The predicted octanol–water partition coefficient (Wildman–Crippen LogP) is 2.28. The standard InChI is InChI=1S/C13H19FN2O3S/c1-3-5-6-16-10-7-9(11(17)4-2)8-12(13(10)14)20(15,18)19/h7-8,16H,3-6H2,1-2H3,(H2,15,18,19). The third kappa shape index (κ3) is 4.01. The highest BCUT2D eigenvalue weighted by molar-refractivity contribution is 7.89. The summed E-state index contributed by atoms with van der Waals surface area (Å²) in [5, 5.41) is 7.78. The zero-order valence-corrected chi connectivity index (χ0v) is 12.4. The molecule has 0 radical (unpaired) electrons. The Labute approximate surface area is 118 Å². The maximum absolute atomic E-state index is 14.1. The molecule has 0 heterocycles. The molecule has 0 aliphatic heterocycles. The number of anilines is 1. The van der Waals surface area contributed by atoms with E-state index in [2.05, 4.69) is 5.32 Å². The van der Waals surface area contributed by atoms with E-state index in [4.69, 9.17) is 5.14 Å². The number of sulfonamides is 1. The van der Waals surface area contributed by atoms with Gasteiger partial charge in [-0.3, -0.25) is 4.79 Å². The van der Waals surface area contributed by atoms with Crippen LogP contribution in [0.1, 0.15) is 43.5 Å². The summed E-state index contributed by atoms with van der Waals surface area (Å²) in [5.41, 5.74) is 0.124. The van der Waals surface area contributed by atoms with E-state index in [9.17, 15) is 17.6 Å². The first-order valence-electron chi connectivity index (χ1n) is 6.44. The average Bonchev–Trinajstić information content (AvgIpc) is 2.38. The molecular formula is C13H19FN2O3S. The molecule has 5 nitrogen and oxygen atoms in total. The summed E-state index contributed by atoms with van der Waals surface area (Å²) in [5.74, 6) is -1.22. The molecule has 0 amide bonds. The molecule has 20 heavy (non-hydrogen) atoms. The lowest BCUT2D eigenvalue weighted by atomic mass is 10.1. The largest absolute Gasteiger partial charge is 0.383 e. The van der Waals surface area contributed by atoms with E-state index in [0.717, 1.165) is 18.9 Å². The van der Waals surface area contributed by atoms with E-state index in [1.165, 1.54) is 6.07 Å². The number of ketones is 1. The van der Waals surface area contributed by atoms with Crippen LogP contribution < -0.4 is 10.5 Å². The van der Waals surface area contributed by atoms with Gasteiger partial charge < -0.3 is 5.32 Å². The van der Waals surface area contributed by atoms with Crippen molar-refractivity contribution in [1.29, 1.82) is 0 Å². The van der Waals surface area contributed by atoms with Gasteiger partial charge in [-0.05, 0) is 18.6 Å². The number of carbonyl (C=O) groups excluding carboxylic acids is 1. The molecule has 0 fully saturated rings. The smallest absolute Gasteiger partial charge is 0.241 e. The van der Waals surface area contributed by atoms with Gasteiger partial charge in [0.1, 0.15) is 4.90 Å². The number of benzene rings is 1. The first-order chi connectivity index (χ1) is 9.31. The number of primary sulfonamides is 1. The third-order valence-electron chi connectivity index (χ3n) is 2.83. The summed E-state index contributed by atoms with van der Waals surface area (Å²) in [6.45, 7) is 4.11. The fraction of sp³-hybridized carbons (Fsp3) is 0.462. The maximum Gasteiger partial charge on any atom is 0.241 e. The van der Waals surface area contributed by atoms with Crippen molar-refractivity contribution in [2.75, 3.05) is 11.9 Å². The summed E-state index contributed by atoms with van der Waals surface area (Å²) in [4.78, 5) is 11.0. The SMILES string of the molecule is CCCCNc1cc(C(=O)CC)cc(S(N)(=O)=O)c1F. The molecule has 1 rings (SSSR count). The predicted molar refractivity (Wildman–Crippen MR) is 75.8 cm³/mol. The quantitative estimate of drug-likeness (QED) is 0.597. The second-order valence-corrected chi connectivity index (χ2v) is 5.97. The molecule has 7 heteroatoms. The number of unbranched alkanes of at least 4 members (excludes halogenated alkanes) is 1. The number of halogens is 1. The van der Waals surface area contributed by atoms with Crippen LogP contribution in [0.2, 0.25) is 0 Å². The molecular weight excluding hydrogens is 283 g/mol. The Morgan fingerprint density at radius 1 is 1.35 bits per heavy atom. The van der Waals surface area contributed by atoms with Gasteiger partial charge in [-0.25, -0.2) is 17.9 Å². The second kappa shape index (κ2) is 6.81. The van der Waals surface area contributed by atoms with Crippen molar-refractivity contribution in [3.63, 3.8) is 0 Å². The number of carbonyl (C=O) groups is 1. The Morgan fingerprint density at radius 2 is 2.00 bits per heavy atom. The molecule has 0 bridgehead atoms. The zero-order chi connectivity index (χ0) is 15.3. The van der Waals surface area contributed by atoms with E-state index in [0.29, 0.717) is 6.54 Å². The maximum atomic E-state index is 14.1. The molecule has 0 aliphatic rings. The first-order valence-corrected chi connectivity index (χ1v) is 7.99. The molecule has 0 atom stereocenters. The van der Waals surface area contributed by atoms with E-state index in [1.54, 1.807) is 6.92 Å². The molecule has 0 spiro atoms. The third-order valence-corrected chi connectivity index (χ3v) is 3.74. The van der Waals surface area contributed by atoms with Crippen LogP contribution in [0, 0.1) is 5.82 Å². The topological polar surface area (TPSA) is 89.3 Å². The van der Waals surface area contributed by atoms with Crippen LogP contribution in [0.4, 0.5) is 10.1 Å². The first kappa shape index (κ1) is 16.6. The molecule has 0 unspecified atom stereocenters. The molecule has 3 N–H and O–H groups in total. The minimum atomic E-state index is -4.22. The van der Waals surface area contributed by atoms with Gasteiger partial charge in [0.25, 0.3) is 0 Å². The highest BCUT2D eigenvalue weighted by Crippen LogP contribution is 2.25. The summed E-state index contributed by atoms with van der Waals surface area (Å²) in [6, 6.07) is 2.31. The van der Waals surface area contributed by atoms with E-state index < -0.39 is 20.7 Å². The van der Waals surface area contributed by atoms with Crippen molar-refractivity contribution in [2.45, 2.75) is 38.0 Å². The summed E-state index contributed by atoms with van der Waals surface area (Å²) >= 11 is 0. The van der Waals surface area contributed by atoms with Gasteiger partial charge >= 0.3 is 0 Å². The number of rotatable bonds is 7. The number of Topliss-reactive ketones (excluding diaryl/α,β-unsaturated/α-hetero) is 1. The highest BCUT2D eigenvalue weighted by Gasteiger charge is 2.21. The summed E-state index contributed by atoms with van der Waals surface area (Å²) in [6.07, 6.45) is 1.91. The minimum Gasteiger partial charge on any atom is -0.383 e. The Hall–Kier alpha value is -1.47. The molecule has 1 aromatic rings. The molecule has 112 valence electrons. The van der Waals surface area contributed by atoms with Crippen molar-refractivity contribution in [3.05, 3.63) is 23.5 Å². The molecule has 0 saturated carbocycles. The highest BCUT2D eigenvalue weighted by atomic mass is 32.2. The van der Waals surface area contributed by atoms with Crippen LogP contribution in [0.5, 0.6) is 0 Å².